The first-order valence-corrected chi connectivity index (χ1v) is 5.10. The molecule has 0 atom stereocenters. The summed E-state index contributed by atoms with van der Waals surface area (Å²) >= 11 is 0. The van der Waals surface area contributed by atoms with Crippen molar-refractivity contribution in [3.05, 3.63) is 35.4 Å². The number of pyridine rings is 1. The number of benzene rings is 1. The minimum absolute atomic E-state index is 0.596. The fraction of sp³-hybridized carbons (Fsp3) is 0.250. The van der Waals surface area contributed by atoms with Crippen LogP contribution in [0.4, 0.5) is 5.82 Å². The van der Waals surface area contributed by atoms with Crippen LogP contribution in [-0.2, 0) is 17.8 Å². The normalized spacial score (nSPS) is 15.2. The van der Waals surface area contributed by atoms with Gasteiger partial charge in [0.15, 0.2) is 0 Å². The number of nitrogen functional groups attached to an aromatic ring is 1. The van der Waals surface area contributed by atoms with E-state index in [1.807, 2.05) is 18.2 Å². The van der Waals surface area contributed by atoms with Crippen molar-refractivity contribution in [1.82, 2.24) is 4.98 Å². The minimum Gasteiger partial charge on any atom is -0.383 e. The van der Waals surface area contributed by atoms with E-state index >= 15 is 0 Å². The lowest BCUT2D eigenvalue weighted by molar-refractivity contribution is 0.111. The lowest BCUT2D eigenvalue weighted by Crippen LogP contribution is -2.13. The summed E-state index contributed by atoms with van der Waals surface area (Å²) in [5, 5.41) is 1.21. The molecule has 0 radical (unpaired) electrons. The van der Waals surface area contributed by atoms with Crippen molar-refractivity contribution in [3.63, 3.8) is 0 Å². The number of hydrogen-bond donors (Lipinski definition) is 1. The second kappa shape index (κ2) is 3.21. The number of para-hydroxylation sites is 1. The van der Waals surface area contributed by atoms with Crippen LogP contribution in [0.1, 0.15) is 11.1 Å². The summed E-state index contributed by atoms with van der Waals surface area (Å²) in [6.07, 6.45) is 0.933. The van der Waals surface area contributed by atoms with Gasteiger partial charge in [0, 0.05) is 10.9 Å². The fourth-order valence-electron chi connectivity index (χ4n) is 2.14. The third kappa shape index (κ3) is 1.27. The van der Waals surface area contributed by atoms with Crippen LogP contribution in [0.2, 0.25) is 0 Å². The van der Waals surface area contributed by atoms with E-state index in [2.05, 4.69) is 11.1 Å². The molecule has 2 aromatic rings. The molecule has 2 N–H and O–H groups in total. The Hall–Kier alpha value is -1.61. The van der Waals surface area contributed by atoms with Gasteiger partial charge in [-0.15, -0.1) is 0 Å². The van der Waals surface area contributed by atoms with Gasteiger partial charge in [-0.25, -0.2) is 4.98 Å². The van der Waals surface area contributed by atoms with Crippen molar-refractivity contribution in [3.8, 4) is 0 Å². The van der Waals surface area contributed by atoms with Crippen LogP contribution in [0.15, 0.2) is 24.3 Å². The molecule has 0 amide bonds. The molecule has 1 aliphatic rings. The van der Waals surface area contributed by atoms with E-state index in [0.29, 0.717) is 12.4 Å². The monoisotopic (exact) mass is 200 g/mol. The van der Waals surface area contributed by atoms with Gasteiger partial charge in [-0.1, -0.05) is 18.2 Å². The third-order valence-electron chi connectivity index (χ3n) is 2.89. The van der Waals surface area contributed by atoms with E-state index in [-0.39, 0.29) is 0 Å². The number of rotatable bonds is 0. The van der Waals surface area contributed by atoms with E-state index < -0.39 is 0 Å². The van der Waals surface area contributed by atoms with Gasteiger partial charge in [-0.2, -0.15) is 0 Å². The first-order valence-electron chi connectivity index (χ1n) is 5.10. The Morgan fingerprint density at radius 1 is 1.20 bits per heavy atom. The average Bonchev–Trinajstić information content (AvgIpc) is 2.30. The van der Waals surface area contributed by atoms with Gasteiger partial charge in [-0.05, 0) is 18.1 Å². The van der Waals surface area contributed by atoms with Crippen LogP contribution < -0.4 is 5.73 Å². The highest BCUT2D eigenvalue weighted by Gasteiger charge is 2.16. The Labute approximate surface area is 87.9 Å². The maximum atomic E-state index is 5.92. The predicted molar refractivity (Wildman–Crippen MR) is 59.5 cm³/mol. The zero-order valence-electron chi connectivity index (χ0n) is 8.36. The van der Waals surface area contributed by atoms with E-state index in [0.717, 1.165) is 24.1 Å². The number of nitrogens with two attached hydrogens (primary N) is 1. The van der Waals surface area contributed by atoms with Crippen LogP contribution in [0.5, 0.6) is 0 Å². The largest absolute Gasteiger partial charge is 0.383 e. The Bertz CT molecular complexity index is 522. The summed E-state index contributed by atoms with van der Waals surface area (Å²) in [4.78, 5) is 4.39. The number of ether oxygens (including phenoxy) is 1. The van der Waals surface area contributed by atoms with E-state index in [1.54, 1.807) is 0 Å². The molecule has 0 saturated carbocycles. The van der Waals surface area contributed by atoms with Crippen LogP contribution in [0.25, 0.3) is 10.9 Å². The van der Waals surface area contributed by atoms with E-state index in [1.165, 1.54) is 10.9 Å². The van der Waals surface area contributed by atoms with E-state index in [9.17, 15) is 0 Å². The molecule has 0 aliphatic carbocycles. The summed E-state index contributed by atoms with van der Waals surface area (Å²) in [6, 6.07) is 8.13. The highest BCUT2D eigenvalue weighted by atomic mass is 16.5. The summed E-state index contributed by atoms with van der Waals surface area (Å²) < 4.78 is 5.41. The minimum atomic E-state index is 0.596. The molecular weight excluding hydrogens is 188 g/mol. The maximum absolute atomic E-state index is 5.92. The summed E-state index contributed by atoms with van der Waals surface area (Å²) in [7, 11) is 0. The Morgan fingerprint density at radius 2 is 2.07 bits per heavy atom. The molecule has 3 nitrogen and oxygen atoms in total. The Kier molecular flexibility index (Phi) is 1.86. The van der Waals surface area contributed by atoms with Crippen molar-refractivity contribution >= 4 is 16.7 Å². The maximum Gasteiger partial charge on any atom is 0.129 e. The van der Waals surface area contributed by atoms with Crippen molar-refractivity contribution in [1.29, 1.82) is 0 Å². The molecular formula is C12H12N2O. The molecule has 1 aromatic heterocycles. The second-order valence-corrected chi connectivity index (χ2v) is 3.77. The molecule has 0 saturated heterocycles. The smallest absolute Gasteiger partial charge is 0.129 e. The molecule has 0 fully saturated rings. The summed E-state index contributed by atoms with van der Waals surface area (Å²) in [6.45, 7) is 1.37. The van der Waals surface area contributed by atoms with Gasteiger partial charge in [0.25, 0.3) is 0 Å². The molecule has 15 heavy (non-hydrogen) atoms. The van der Waals surface area contributed by atoms with Crippen molar-refractivity contribution in [2.24, 2.45) is 0 Å². The molecule has 3 heteroatoms. The first-order chi connectivity index (χ1) is 7.36. The van der Waals surface area contributed by atoms with Crippen LogP contribution in [0.3, 0.4) is 0 Å². The van der Waals surface area contributed by atoms with E-state index in [4.69, 9.17) is 10.5 Å². The highest BCUT2D eigenvalue weighted by Crippen LogP contribution is 2.28. The molecule has 2 heterocycles. The molecule has 76 valence electrons. The SMILES string of the molecule is Nc1nc2ccccc2c2c1COCC2. The van der Waals surface area contributed by atoms with Crippen molar-refractivity contribution in [2.45, 2.75) is 13.0 Å². The Morgan fingerprint density at radius 3 is 3.00 bits per heavy atom. The van der Waals surface area contributed by atoms with Crippen molar-refractivity contribution < 1.29 is 4.74 Å². The second-order valence-electron chi connectivity index (χ2n) is 3.77. The average molecular weight is 200 g/mol. The highest BCUT2D eigenvalue weighted by molar-refractivity contribution is 5.85. The number of fused-ring (bicyclic) bond motifs is 3. The van der Waals surface area contributed by atoms with Crippen molar-refractivity contribution in [2.75, 3.05) is 12.3 Å². The number of anilines is 1. The topological polar surface area (TPSA) is 48.1 Å². The quantitative estimate of drug-likeness (QED) is 0.706. The van der Waals surface area contributed by atoms with Crippen LogP contribution >= 0.6 is 0 Å². The lowest BCUT2D eigenvalue weighted by atomic mass is 9.99. The molecule has 0 spiro atoms. The molecule has 1 aliphatic heterocycles. The molecule has 1 aromatic carbocycles. The van der Waals surface area contributed by atoms with Gasteiger partial charge >= 0.3 is 0 Å². The number of hydrogen-bond acceptors (Lipinski definition) is 3. The molecule has 0 unspecified atom stereocenters. The lowest BCUT2D eigenvalue weighted by Gasteiger charge is -2.19. The first kappa shape index (κ1) is 8.68. The predicted octanol–water partition coefficient (Wildman–Crippen LogP) is 1.89. The molecule has 3 rings (SSSR count). The summed E-state index contributed by atoms with van der Waals surface area (Å²) in [5.41, 5.74) is 9.28. The molecule has 0 bridgehead atoms. The van der Waals surface area contributed by atoms with Gasteiger partial charge in [0.05, 0.1) is 18.7 Å². The van der Waals surface area contributed by atoms with Gasteiger partial charge in [0.1, 0.15) is 5.82 Å². The third-order valence-corrected chi connectivity index (χ3v) is 2.89. The zero-order chi connectivity index (χ0) is 10.3. The van der Waals surface area contributed by atoms with Crippen LogP contribution in [0, 0.1) is 0 Å². The van der Waals surface area contributed by atoms with Gasteiger partial charge in [-0.3, -0.25) is 0 Å². The van der Waals surface area contributed by atoms with Gasteiger partial charge < -0.3 is 10.5 Å². The van der Waals surface area contributed by atoms with Crippen LogP contribution in [-0.4, -0.2) is 11.6 Å². The fourth-order valence-corrected chi connectivity index (χ4v) is 2.14. The summed E-state index contributed by atoms with van der Waals surface area (Å²) in [5.74, 6) is 0.614. The zero-order valence-corrected chi connectivity index (χ0v) is 8.36. The number of aromatic nitrogens is 1. The van der Waals surface area contributed by atoms with Gasteiger partial charge in [0.2, 0.25) is 0 Å². The standard InChI is InChI=1S/C12H12N2O/c13-12-10-7-15-6-5-8(10)9-3-1-2-4-11(9)14-12/h1-4H,5-7H2,(H2,13,14). The Balaban J connectivity index is 2.39. The number of nitrogens with zero attached hydrogens (tertiary/aromatic N) is 1.